The van der Waals surface area contributed by atoms with Crippen LogP contribution in [-0.2, 0) is 9.53 Å². The van der Waals surface area contributed by atoms with Crippen LogP contribution >= 0.6 is 12.4 Å². The van der Waals surface area contributed by atoms with E-state index in [-0.39, 0.29) is 30.3 Å². The maximum atomic E-state index is 12.8. The fourth-order valence-corrected chi connectivity index (χ4v) is 3.22. The van der Waals surface area contributed by atoms with Crippen molar-refractivity contribution >= 4 is 24.2 Å². The summed E-state index contributed by atoms with van der Waals surface area (Å²) in [4.78, 5) is 28.9. The zero-order valence-electron chi connectivity index (χ0n) is 15.6. The van der Waals surface area contributed by atoms with Crippen molar-refractivity contribution in [3.8, 4) is 11.5 Å². The zero-order valence-corrected chi connectivity index (χ0v) is 16.4. The normalized spacial score (nSPS) is 19.9. The van der Waals surface area contributed by atoms with Crippen LogP contribution < -0.4 is 14.8 Å². The largest absolute Gasteiger partial charge is 0.497 e. The van der Waals surface area contributed by atoms with Crippen molar-refractivity contribution in [3.05, 3.63) is 23.8 Å². The number of methoxy groups -OCH3 is 2. The molecular weight excluding hydrogens is 374 g/mol. The number of halogens is 1. The summed E-state index contributed by atoms with van der Waals surface area (Å²) in [6.07, 6.45) is 0. The van der Waals surface area contributed by atoms with Gasteiger partial charge < -0.3 is 29.3 Å². The van der Waals surface area contributed by atoms with Gasteiger partial charge in [0.25, 0.3) is 5.91 Å². The number of carbonyl (C=O) groups excluding carboxylic acids is 2. The van der Waals surface area contributed by atoms with Gasteiger partial charge in [0.05, 0.1) is 33.0 Å². The van der Waals surface area contributed by atoms with Crippen LogP contribution in [0.4, 0.5) is 0 Å². The minimum absolute atomic E-state index is 0. The first kappa shape index (κ1) is 21.3. The van der Waals surface area contributed by atoms with Crippen molar-refractivity contribution in [2.24, 2.45) is 0 Å². The monoisotopic (exact) mass is 399 g/mol. The maximum absolute atomic E-state index is 12.8. The Morgan fingerprint density at radius 2 is 1.81 bits per heavy atom. The average molecular weight is 400 g/mol. The lowest BCUT2D eigenvalue weighted by Gasteiger charge is -2.37. The molecule has 2 fully saturated rings. The molecule has 0 spiro atoms. The molecule has 8 nitrogen and oxygen atoms in total. The second kappa shape index (κ2) is 9.77. The van der Waals surface area contributed by atoms with Gasteiger partial charge in [-0.3, -0.25) is 9.59 Å². The van der Waals surface area contributed by atoms with Gasteiger partial charge >= 0.3 is 0 Å². The first-order valence-electron chi connectivity index (χ1n) is 8.75. The van der Waals surface area contributed by atoms with Crippen molar-refractivity contribution in [2.45, 2.75) is 6.04 Å². The number of piperazine rings is 1. The lowest BCUT2D eigenvalue weighted by Crippen LogP contribution is -2.57. The van der Waals surface area contributed by atoms with Crippen LogP contribution in [0.3, 0.4) is 0 Å². The van der Waals surface area contributed by atoms with Gasteiger partial charge in [-0.05, 0) is 12.1 Å². The highest BCUT2D eigenvalue weighted by Crippen LogP contribution is 2.26. The number of nitrogens with zero attached hydrogens (tertiary/aromatic N) is 2. The summed E-state index contributed by atoms with van der Waals surface area (Å²) in [5.74, 6) is 1.06. The second-order valence-corrected chi connectivity index (χ2v) is 6.27. The van der Waals surface area contributed by atoms with E-state index in [9.17, 15) is 9.59 Å². The molecule has 0 radical (unpaired) electrons. The smallest absolute Gasteiger partial charge is 0.257 e. The summed E-state index contributed by atoms with van der Waals surface area (Å²) in [5.41, 5.74) is 0.496. The van der Waals surface area contributed by atoms with Crippen LogP contribution in [-0.4, -0.2) is 87.8 Å². The SMILES string of the molecule is COc1ccc(C(=O)N2CCN(C(=O)C3COCCN3)CC2)c(OC)c1.Cl. The number of nitrogens with one attached hydrogen (secondary N) is 1. The standard InChI is InChI=1S/C18H25N3O5.ClH/c1-24-13-3-4-14(16(11-13)25-2)17(22)20-6-8-21(9-7-20)18(23)15-12-26-10-5-19-15;/h3-4,11,15,19H,5-10,12H2,1-2H3;1H. The van der Waals surface area contributed by atoms with Gasteiger partial charge in [-0.1, -0.05) is 0 Å². The van der Waals surface area contributed by atoms with Crippen LogP contribution in [0.1, 0.15) is 10.4 Å². The van der Waals surface area contributed by atoms with Crippen molar-refractivity contribution < 1.29 is 23.8 Å². The van der Waals surface area contributed by atoms with Gasteiger partial charge in [0, 0.05) is 38.8 Å². The molecule has 3 rings (SSSR count). The van der Waals surface area contributed by atoms with Crippen LogP contribution in [0.15, 0.2) is 18.2 Å². The number of ether oxygens (including phenoxy) is 3. The van der Waals surface area contributed by atoms with Gasteiger partial charge in [-0.25, -0.2) is 0 Å². The highest BCUT2D eigenvalue weighted by molar-refractivity contribution is 5.97. The molecule has 1 atom stereocenters. The summed E-state index contributed by atoms with van der Waals surface area (Å²) in [6.45, 7) is 3.74. The molecular formula is C18H26ClN3O5. The summed E-state index contributed by atoms with van der Waals surface area (Å²) >= 11 is 0. The molecule has 0 saturated carbocycles. The molecule has 1 N–H and O–H groups in total. The third-order valence-corrected chi connectivity index (χ3v) is 4.74. The summed E-state index contributed by atoms with van der Waals surface area (Å²) in [6, 6.07) is 4.86. The Bertz CT molecular complexity index is 658. The van der Waals surface area contributed by atoms with Gasteiger partial charge in [0.15, 0.2) is 0 Å². The highest BCUT2D eigenvalue weighted by Gasteiger charge is 2.31. The Hall–Kier alpha value is -2.03. The van der Waals surface area contributed by atoms with Crippen molar-refractivity contribution in [1.29, 1.82) is 0 Å². The molecule has 2 amide bonds. The summed E-state index contributed by atoms with van der Waals surface area (Å²) in [7, 11) is 3.10. The molecule has 2 aliphatic heterocycles. The number of carbonyl (C=O) groups is 2. The number of rotatable bonds is 4. The lowest BCUT2D eigenvalue weighted by atomic mass is 10.1. The van der Waals surface area contributed by atoms with E-state index in [1.54, 1.807) is 35.1 Å². The summed E-state index contributed by atoms with van der Waals surface area (Å²) < 4.78 is 15.9. The Morgan fingerprint density at radius 3 is 2.41 bits per heavy atom. The van der Waals surface area contributed by atoms with E-state index in [1.165, 1.54) is 7.11 Å². The fourth-order valence-electron chi connectivity index (χ4n) is 3.22. The Kier molecular flexibility index (Phi) is 7.70. The molecule has 0 aromatic heterocycles. The second-order valence-electron chi connectivity index (χ2n) is 6.27. The lowest BCUT2D eigenvalue weighted by molar-refractivity contribution is -0.137. The molecule has 9 heteroatoms. The zero-order chi connectivity index (χ0) is 18.5. The van der Waals surface area contributed by atoms with Crippen LogP contribution in [0.5, 0.6) is 11.5 Å². The van der Waals surface area contributed by atoms with E-state index in [2.05, 4.69) is 5.32 Å². The highest BCUT2D eigenvalue weighted by atomic mass is 35.5. The number of amides is 2. The maximum Gasteiger partial charge on any atom is 0.257 e. The minimum atomic E-state index is -0.285. The van der Waals surface area contributed by atoms with Gasteiger partial charge in [-0.15, -0.1) is 12.4 Å². The molecule has 1 aromatic carbocycles. The molecule has 2 saturated heterocycles. The molecule has 1 unspecified atom stereocenters. The Morgan fingerprint density at radius 1 is 1.11 bits per heavy atom. The van der Waals surface area contributed by atoms with Crippen molar-refractivity contribution in [1.82, 2.24) is 15.1 Å². The first-order valence-corrected chi connectivity index (χ1v) is 8.75. The molecule has 27 heavy (non-hydrogen) atoms. The first-order chi connectivity index (χ1) is 12.6. The molecule has 1 aromatic rings. The van der Waals surface area contributed by atoms with Gasteiger partial charge in [-0.2, -0.15) is 0 Å². The van der Waals surface area contributed by atoms with Gasteiger partial charge in [0.2, 0.25) is 5.91 Å². The third-order valence-electron chi connectivity index (χ3n) is 4.74. The average Bonchev–Trinajstić information content (AvgIpc) is 2.73. The van der Waals surface area contributed by atoms with E-state index in [1.807, 2.05) is 0 Å². The number of benzene rings is 1. The quantitative estimate of drug-likeness (QED) is 0.789. The summed E-state index contributed by atoms with van der Waals surface area (Å²) in [5, 5.41) is 3.18. The molecule has 2 aliphatic rings. The van der Waals surface area contributed by atoms with Gasteiger partial charge in [0.1, 0.15) is 17.5 Å². The van der Waals surface area contributed by atoms with Crippen molar-refractivity contribution in [3.63, 3.8) is 0 Å². The van der Waals surface area contributed by atoms with E-state index >= 15 is 0 Å². The Labute approximate surface area is 165 Å². The number of hydrogen-bond acceptors (Lipinski definition) is 6. The number of morpholine rings is 1. The van der Waals surface area contributed by atoms with Crippen LogP contribution in [0.2, 0.25) is 0 Å². The topological polar surface area (TPSA) is 80.3 Å². The van der Waals surface area contributed by atoms with Crippen LogP contribution in [0, 0.1) is 0 Å². The third kappa shape index (κ3) is 4.82. The van der Waals surface area contributed by atoms with Crippen LogP contribution in [0.25, 0.3) is 0 Å². The Balaban J connectivity index is 0.00000261. The van der Waals surface area contributed by atoms with E-state index in [4.69, 9.17) is 14.2 Å². The fraction of sp³-hybridized carbons (Fsp3) is 0.556. The van der Waals surface area contributed by atoms with Crippen molar-refractivity contribution in [2.75, 3.05) is 60.2 Å². The predicted molar refractivity (Wildman–Crippen MR) is 102 cm³/mol. The predicted octanol–water partition coefficient (Wildman–Crippen LogP) is 0.398. The molecule has 150 valence electrons. The number of hydrogen-bond donors (Lipinski definition) is 1. The van der Waals surface area contributed by atoms with E-state index in [0.29, 0.717) is 63.0 Å². The molecule has 2 heterocycles. The van der Waals surface area contributed by atoms with E-state index in [0.717, 1.165) is 0 Å². The van der Waals surface area contributed by atoms with E-state index < -0.39 is 0 Å². The minimum Gasteiger partial charge on any atom is -0.497 e. The molecule has 0 bridgehead atoms. The molecule has 0 aliphatic carbocycles.